The van der Waals surface area contributed by atoms with E-state index >= 15 is 0 Å². The number of halogens is 3. The van der Waals surface area contributed by atoms with Gasteiger partial charge in [0.05, 0.1) is 11.3 Å². The fourth-order valence-corrected chi connectivity index (χ4v) is 3.56. The lowest BCUT2D eigenvalue weighted by Gasteiger charge is -2.22. The summed E-state index contributed by atoms with van der Waals surface area (Å²) in [6, 6.07) is 14.2. The first-order valence-corrected chi connectivity index (χ1v) is 10.1. The minimum absolute atomic E-state index is 0.0200. The van der Waals surface area contributed by atoms with Gasteiger partial charge in [-0.15, -0.1) is 0 Å². The summed E-state index contributed by atoms with van der Waals surface area (Å²) in [6.45, 7) is 1.24. The highest BCUT2D eigenvalue weighted by molar-refractivity contribution is 7.89. The van der Waals surface area contributed by atoms with E-state index < -0.39 is 35.1 Å². The van der Waals surface area contributed by atoms with Gasteiger partial charge in [0.25, 0.3) is 5.91 Å². The SMILES string of the molecule is CCN(CCC(F)(F)F)C(=O)c1cccc(S(=O)(=O)NCc2ccccc2)c1. The molecule has 0 saturated heterocycles. The summed E-state index contributed by atoms with van der Waals surface area (Å²) in [5.74, 6) is -0.646. The Bertz CT molecular complexity index is 900. The number of hydrogen-bond donors (Lipinski definition) is 1. The Hall–Kier alpha value is -2.39. The molecule has 0 aromatic heterocycles. The highest BCUT2D eigenvalue weighted by atomic mass is 32.2. The third-order valence-electron chi connectivity index (χ3n) is 4.03. The van der Waals surface area contributed by atoms with E-state index in [1.807, 2.05) is 6.07 Å². The molecule has 28 heavy (non-hydrogen) atoms. The largest absolute Gasteiger partial charge is 0.390 e. The molecule has 0 aliphatic rings. The van der Waals surface area contributed by atoms with E-state index in [9.17, 15) is 26.4 Å². The van der Waals surface area contributed by atoms with E-state index in [0.717, 1.165) is 10.5 Å². The maximum Gasteiger partial charge on any atom is 0.390 e. The van der Waals surface area contributed by atoms with Crippen LogP contribution in [0.5, 0.6) is 0 Å². The molecule has 0 unspecified atom stereocenters. The molecular formula is C19H21F3N2O3S. The van der Waals surface area contributed by atoms with Gasteiger partial charge in [-0.3, -0.25) is 4.79 Å². The molecule has 0 bridgehead atoms. The minimum Gasteiger partial charge on any atom is -0.339 e. The van der Waals surface area contributed by atoms with Gasteiger partial charge in [0.1, 0.15) is 0 Å². The van der Waals surface area contributed by atoms with E-state index in [-0.39, 0.29) is 23.5 Å². The molecular weight excluding hydrogens is 393 g/mol. The Kier molecular flexibility index (Phi) is 7.20. The Morgan fingerprint density at radius 3 is 2.36 bits per heavy atom. The summed E-state index contributed by atoms with van der Waals surface area (Å²) in [5, 5.41) is 0. The number of sulfonamides is 1. The standard InChI is InChI=1S/C19H21F3N2O3S/c1-2-24(12-11-19(20,21)22)18(25)16-9-6-10-17(13-16)28(26,27)23-14-15-7-4-3-5-8-15/h3-10,13,23H,2,11-12,14H2,1H3. The lowest BCUT2D eigenvalue weighted by Crippen LogP contribution is -2.34. The van der Waals surface area contributed by atoms with Crippen molar-refractivity contribution in [3.63, 3.8) is 0 Å². The van der Waals surface area contributed by atoms with Crippen molar-refractivity contribution in [2.75, 3.05) is 13.1 Å². The first-order chi connectivity index (χ1) is 13.1. The van der Waals surface area contributed by atoms with Crippen LogP contribution in [-0.4, -0.2) is 38.5 Å². The number of rotatable bonds is 8. The zero-order chi connectivity index (χ0) is 20.8. The van der Waals surface area contributed by atoms with Crippen LogP contribution in [0.25, 0.3) is 0 Å². The Labute approximate surface area is 162 Å². The van der Waals surface area contributed by atoms with Crippen LogP contribution >= 0.6 is 0 Å². The highest BCUT2D eigenvalue weighted by Crippen LogP contribution is 2.21. The summed E-state index contributed by atoms with van der Waals surface area (Å²) in [7, 11) is -3.88. The normalized spacial score (nSPS) is 12.0. The molecule has 2 aromatic carbocycles. The van der Waals surface area contributed by atoms with Crippen molar-refractivity contribution in [1.29, 1.82) is 0 Å². The second-order valence-electron chi connectivity index (χ2n) is 6.09. The molecule has 0 saturated carbocycles. The molecule has 9 heteroatoms. The monoisotopic (exact) mass is 414 g/mol. The van der Waals surface area contributed by atoms with Crippen LogP contribution in [0, 0.1) is 0 Å². The molecule has 1 amide bonds. The van der Waals surface area contributed by atoms with Crippen molar-refractivity contribution in [3.05, 3.63) is 65.7 Å². The van der Waals surface area contributed by atoms with Crippen LogP contribution in [0.15, 0.2) is 59.5 Å². The van der Waals surface area contributed by atoms with Gasteiger partial charge in [-0.25, -0.2) is 13.1 Å². The van der Waals surface area contributed by atoms with Crippen molar-refractivity contribution in [3.8, 4) is 0 Å². The van der Waals surface area contributed by atoms with Crippen molar-refractivity contribution in [2.24, 2.45) is 0 Å². The van der Waals surface area contributed by atoms with E-state index in [2.05, 4.69) is 4.72 Å². The molecule has 0 fully saturated rings. The minimum atomic E-state index is -4.37. The van der Waals surface area contributed by atoms with Crippen LogP contribution in [0.1, 0.15) is 29.3 Å². The van der Waals surface area contributed by atoms with Gasteiger partial charge >= 0.3 is 6.18 Å². The summed E-state index contributed by atoms with van der Waals surface area (Å²) in [5.41, 5.74) is 0.786. The van der Waals surface area contributed by atoms with Crippen LogP contribution in [0.3, 0.4) is 0 Å². The van der Waals surface area contributed by atoms with Crippen LogP contribution in [-0.2, 0) is 16.6 Å². The second kappa shape index (κ2) is 9.20. The maximum absolute atomic E-state index is 12.5. The van der Waals surface area contributed by atoms with Crippen molar-refractivity contribution >= 4 is 15.9 Å². The number of carbonyl (C=O) groups excluding carboxylic acids is 1. The number of carbonyl (C=O) groups is 1. The number of alkyl halides is 3. The molecule has 0 radical (unpaired) electrons. The number of amides is 1. The Morgan fingerprint density at radius 2 is 1.75 bits per heavy atom. The predicted octanol–water partition coefficient (Wildman–Crippen LogP) is 3.58. The number of nitrogens with one attached hydrogen (secondary N) is 1. The summed E-state index contributed by atoms with van der Waals surface area (Å²) < 4.78 is 64.7. The van der Waals surface area contributed by atoms with Crippen molar-refractivity contribution < 1.29 is 26.4 Å². The Morgan fingerprint density at radius 1 is 1.07 bits per heavy atom. The van der Waals surface area contributed by atoms with E-state index in [4.69, 9.17) is 0 Å². The third kappa shape index (κ3) is 6.35. The van der Waals surface area contributed by atoms with Gasteiger partial charge in [0, 0.05) is 25.2 Å². The fourth-order valence-electron chi connectivity index (χ4n) is 2.50. The molecule has 1 N–H and O–H groups in total. The lowest BCUT2D eigenvalue weighted by molar-refractivity contribution is -0.136. The summed E-state index contributed by atoms with van der Waals surface area (Å²) >= 11 is 0. The number of hydrogen-bond acceptors (Lipinski definition) is 3. The first-order valence-electron chi connectivity index (χ1n) is 8.62. The molecule has 0 atom stereocenters. The van der Waals surface area contributed by atoms with Crippen LogP contribution in [0.4, 0.5) is 13.2 Å². The summed E-state index contributed by atoms with van der Waals surface area (Å²) in [6.07, 6.45) is -5.50. The topological polar surface area (TPSA) is 66.5 Å². The van der Waals surface area contributed by atoms with Gasteiger partial charge in [0.15, 0.2) is 0 Å². The lowest BCUT2D eigenvalue weighted by atomic mass is 10.2. The molecule has 152 valence electrons. The third-order valence-corrected chi connectivity index (χ3v) is 5.43. The van der Waals surface area contributed by atoms with Crippen molar-refractivity contribution in [1.82, 2.24) is 9.62 Å². The maximum atomic E-state index is 12.5. The summed E-state index contributed by atoms with van der Waals surface area (Å²) in [4.78, 5) is 13.4. The molecule has 0 heterocycles. The van der Waals surface area contributed by atoms with Gasteiger partial charge < -0.3 is 4.90 Å². The molecule has 2 rings (SSSR count). The van der Waals surface area contributed by atoms with Gasteiger partial charge in [-0.2, -0.15) is 13.2 Å². The quantitative estimate of drug-likeness (QED) is 0.718. The fraction of sp³-hybridized carbons (Fsp3) is 0.316. The smallest absolute Gasteiger partial charge is 0.339 e. The van der Waals surface area contributed by atoms with E-state index in [1.54, 1.807) is 31.2 Å². The molecule has 2 aromatic rings. The average molecular weight is 414 g/mol. The number of nitrogens with zero attached hydrogens (tertiary/aromatic N) is 1. The molecule has 0 aliphatic heterocycles. The number of benzene rings is 2. The Balaban J connectivity index is 2.14. The highest BCUT2D eigenvalue weighted by Gasteiger charge is 2.29. The van der Waals surface area contributed by atoms with Crippen LogP contribution in [0.2, 0.25) is 0 Å². The predicted molar refractivity (Wildman–Crippen MR) is 99.2 cm³/mol. The van der Waals surface area contributed by atoms with Gasteiger partial charge in [-0.05, 0) is 30.7 Å². The molecule has 0 aliphatic carbocycles. The van der Waals surface area contributed by atoms with Crippen LogP contribution < -0.4 is 4.72 Å². The zero-order valence-electron chi connectivity index (χ0n) is 15.2. The zero-order valence-corrected chi connectivity index (χ0v) is 16.1. The molecule has 5 nitrogen and oxygen atoms in total. The van der Waals surface area contributed by atoms with Gasteiger partial charge in [0.2, 0.25) is 10.0 Å². The van der Waals surface area contributed by atoms with Crippen molar-refractivity contribution in [2.45, 2.75) is 31.0 Å². The average Bonchev–Trinajstić information content (AvgIpc) is 2.67. The van der Waals surface area contributed by atoms with Gasteiger partial charge in [-0.1, -0.05) is 36.4 Å². The van der Waals surface area contributed by atoms with E-state index in [1.165, 1.54) is 24.3 Å². The van der Waals surface area contributed by atoms with E-state index in [0.29, 0.717) is 0 Å². The first kappa shape index (κ1) is 21.9. The molecule has 0 spiro atoms. The second-order valence-corrected chi connectivity index (χ2v) is 7.85.